The fourth-order valence-electron chi connectivity index (χ4n) is 0.991. The van der Waals surface area contributed by atoms with Gasteiger partial charge in [0.05, 0.1) is 5.56 Å². The van der Waals surface area contributed by atoms with Gasteiger partial charge < -0.3 is 9.94 Å². The molecular weight excluding hydrogens is 198 g/mol. The number of nitrogens with zero attached hydrogens (tertiary/aromatic N) is 1. The summed E-state index contributed by atoms with van der Waals surface area (Å²) in [5.74, 6) is -1.63. The average Bonchev–Trinajstić information content (AvgIpc) is 2.17. The minimum absolute atomic E-state index is 0.349. The van der Waals surface area contributed by atoms with Gasteiger partial charge in [-0.05, 0) is 12.1 Å². The summed E-state index contributed by atoms with van der Waals surface area (Å²) >= 11 is 0. The van der Waals surface area contributed by atoms with Gasteiger partial charge in [-0.2, -0.15) is 0 Å². The first-order chi connectivity index (χ1) is 7.09. The zero-order valence-electron chi connectivity index (χ0n) is 8.21. The number of hydrogen-bond donors (Lipinski definition) is 1. The van der Waals surface area contributed by atoms with Crippen molar-refractivity contribution in [1.29, 1.82) is 0 Å². The van der Waals surface area contributed by atoms with E-state index in [1.807, 2.05) is 0 Å². The largest absolute Gasteiger partial charge is 0.480 e. The maximum absolute atomic E-state index is 11.4. The van der Waals surface area contributed by atoms with Crippen LogP contribution in [-0.2, 0) is 9.63 Å². The van der Waals surface area contributed by atoms with Crippen LogP contribution >= 0.6 is 0 Å². The molecule has 80 valence electrons. The van der Waals surface area contributed by atoms with E-state index >= 15 is 0 Å². The summed E-state index contributed by atoms with van der Waals surface area (Å²) in [5, 5.41) is 9.40. The van der Waals surface area contributed by atoms with Crippen molar-refractivity contribution in [2.75, 3.05) is 13.6 Å². The van der Waals surface area contributed by atoms with E-state index in [1.165, 1.54) is 7.05 Å². The Kier molecular flexibility index (Phi) is 3.82. The fourth-order valence-corrected chi connectivity index (χ4v) is 0.991. The number of aliphatic carboxylic acids is 1. The van der Waals surface area contributed by atoms with Crippen molar-refractivity contribution >= 4 is 11.9 Å². The second-order valence-electron chi connectivity index (χ2n) is 2.92. The van der Waals surface area contributed by atoms with Gasteiger partial charge in [0.25, 0.3) is 0 Å². The Morgan fingerprint density at radius 1 is 1.33 bits per heavy atom. The molecule has 0 aliphatic rings. The van der Waals surface area contributed by atoms with Gasteiger partial charge >= 0.3 is 11.9 Å². The number of hydroxylamine groups is 2. The number of benzene rings is 1. The Balaban J connectivity index is 2.53. The van der Waals surface area contributed by atoms with Crippen molar-refractivity contribution in [1.82, 2.24) is 5.06 Å². The molecule has 0 aliphatic heterocycles. The van der Waals surface area contributed by atoms with Crippen molar-refractivity contribution in [2.45, 2.75) is 0 Å². The van der Waals surface area contributed by atoms with Crippen LogP contribution in [0.3, 0.4) is 0 Å². The summed E-state index contributed by atoms with van der Waals surface area (Å²) in [4.78, 5) is 26.4. The Morgan fingerprint density at radius 3 is 2.47 bits per heavy atom. The number of carbonyl (C=O) groups excluding carboxylic acids is 1. The lowest BCUT2D eigenvalue weighted by Gasteiger charge is -2.13. The molecule has 1 rings (SSSR count). The third-order valence-corrected chi connectivity index (χ3v) is 1.61. The van der Waals surface area contributed by atoms with Crippen LogP contribution in [0, 0.1) is 0 Å². The summed E-state index contributed by atoms with van der Waals surface area (Å²) in [5.41, 5.74) is 0.384. The first-order valence-corrected chi connectivity index (χ1v) is 4.30. The number of carboxylic acids is 1. The van der Waals surface area contributed by atoms with Crippen LogP contribution in [0.1, 0.15) is 10.4 Å². The van der Waals surface area contributed by atoms with Crippen LogP contribution in [0.2, 0.25) is 0 Å². The third kappa shape index (κ3) is 3.78. The van der Waals surface area contributed by atoms with E-state index in [0.717, 1.165) is 5.06 Å². The molecule has 0 unspecified atom stereocenters. The molecule has 5 nitrogen and oxygen atoms in total. The highest BCUT2D eigenvalue weighted by Crippen LogP contribution is 2.01. The fraction of sp³-hybridized carbons (Fsp3) is 0.200. The molecule has 0 bridgehead atoms. The van der Waals surface area contributed by atoms with Crippen LogP contribution in [0.15, 0.2) is 30.3 Å². The van der Waals surface area contributed by atoms with Crippen LogP contribution in [0.4, 0.5) is 0 Å². The summed E-state index contributed by atoms with van der Waals surface area (Å²) in [6, 6.07) is 8.37. The van der Waals surface area contributed by atoms with Crippen LogP contribution < -0.4 is 0 Å². The Labute approximate surface area is 86.8 Å². The highest BCUT2D eigenvalue weighted by atomic mass is 16.7. The van der Waals surface area contributed by atoms with Gasteiger partial charge in [-0.3, -0.25) is 4.79 Å². The van der Waals surface area contributed by atoms with Crippen LogP contribution in [0.5, 0.6) is 0 Å². The molecule has 0 heterocycles. The zero-order valence-corrected chi connectivity index (χ0v) is 8.21. The van der Waals surface area contributed by atoms with Crippen molar-refractivity contribution in [2.24, 2.45) is 0 Å². The van der Waals surface area contributed by atoms with Gasteiger partial charge in [-0.25, -0.2) is 4.79 Å². The number of carbonyl (C=O) groups is 2. The van der Waals surface area contributed by atoms with Crippen LogP contribution in [-0.4, -0.2) is 35.7 Å². The van der Waals surface area contributed by atoms with E-state index in [4.69, 9.17) is 9.94 Å². The molecule has 0 fully saturated rings. The Bertz CT molecular complexity index is 350. The maximum atomic E-state index is 11.4. The lowest BCUT2D eigenvalue weighted by molar-refractivity contribution is -0.150. The average molecular weight is 209 g/mol. The normalized spacial score (nSPS) is 10.0. The molecule has 0 radical (unpaired) electrons. The predicted octanol–water partition coefficient (Wildman–Crippen LogP) is 0.775. The molecule has 0 spiro atoms. The van der Waals surface area contributed by atoms with E-state index < -0.39 is 11.9 Å². The predicted molar refractivity (Wildman–Crippen MR) is 52.1 cm³/mol. The summed E-state index contributed by atoms with van der Waals surface area (Å²) in [6.45, 7) is -0.349. The number of rotatable bonds is 4. The smallest absolute Gasteiger partial charge is 0.357 e. The standard InChI is InChI=1S/C10H11NO4/c1-11(7-9(12)13)15-10(14)8-5-3-2-4-6-8/h2-6H,7H2,1H3,(H,12,13). The SMILES string of the molecule is CN(CC(=O)O)OC(=O)c1ccccc1. The first-order valence-electron chi connectivity index (χ1n) is 4.30. The second kappa shape index (κ2) is 5.11. The van der Waals surface area contributed by atoms with Gasteiger partial charge in [0.2, 0.25) is 0 Å². The molecule has 0 saturated carbocycles. The zero-order chi connectivity index (χ0) is 11.3. The summed E-state index contributed by atoms with van der Waals surface area (Å²) < 4.78 is 0. The topological polar surface area (TPSA) is 66.8 Å². The molecule has 1 aromatic carbocycles. The van der Waals surface area contributed by atoms with Gasteiger partial charge in [0, 0.05) is 7.05 Å². The quantitative estimate of drug-likeness (QED) is 0.742. The van der Waals surface area contributed by atoms with Crippen molar-refractivity contribution in [3.8, 4) is 0 Å². The molecule has 0 aromatic heterocycles. The van der Waals surface area contributed by atoms with Gasteiger partial charge in [-0.15, -0.1) is 5.06 Å². The van der Waals surface area contributed by atoms with Crippen LogP contribution in [0.25, 0.3) is 0 Å². The lowest BCUT2D eigenvalue weighted by Crippen LogP contribution is -2.28. The van der Waals surface area contributed by atoms with E-state index in [1.54, 1.807) is 30.3 Å². The van der Waals surface area contributed by atoms with E-state index in [-0.39, 0.29) is 6.54 Å². The van der Waals surface area contributed by atoms with E-state index in [9.17, 15) is 9.59 Å². The second-order valence-corrected chi connectivity index (χ2v) is 2.92. The number of carboxylic acid groups (broad SMARTS) is 1. The van der Waals surface area contributed by atoms with Crippen molar-refractivity contribution in [3.63, 3.8) is 0 Å². The third-order valence-electron chi connectivity index (χ3n) is 1.61. The molecule has 0 amide bonds. The first kappa shape index (κ1) is 11.2. The molecule has 0 atom stereocenters. The van der Waals surface area contributed by atoms with Crippen molar-refractivity contribution in [3.05, 3.63) is 35.9 Å². The molecule has 5 heteroatoms. The highest BCUT2D eigenvalue weighted by Gasteiger charge is 2.12. The molecule has 1 aromatic rings. The summed E-state index contributed by atoms with van der Waals surface area (Å²) in [7, 11) is 1.38. The highest BCUT2D eigenvalue weighted by molar-refractivity contribution is 5.89. The molecule has 0 saturated heterocycles. The van der Waals surface area contributed by atoms with Crippen molar-refractivity contribution < 1.29 is 19.5 Å². The Hall–Kier alpha value is -1.88. The number of hydrogen-bond acceptors (Lipinski definition) is 4. The van der Waals surface area contributed by atoms with E-state index in [2.05, 4.69) is 0 Å². The van der Waals surface area contributed by atoms with Gasteiger partial charge in [0.1, 0.15) is 6.54 Å². The number of likely N-dealkylation sites (N-methyl/N-ethyl adjacent to an activating group) is 1. The van der Waals surface area contributed by atoms with Gasteiger partial charge in [0.15, 0.2) is 0 Å². The lowest BCUT2D eigenvalue weighted by atomic mass is 10.2. The summed E-state index contributed by atoms with van der Waals surface area (Å²) in [6.07, 6.45) is 0. The molecular formula is C10H11NO4. The Morgan fingerprint density at radius 2 is 1.93 bits per heavy atom. The minimum atomic E-state index is -1.06. The molecule has 0 aliphatic carbocycles. The molecule has 1 N–H and O–H groups in total. The van der Waals surface area contributed by atoms with E-state index in [0.29, 0.717) is 5.56 Å². The molecule has 15 heavy (non-hydrogen) atoms. The monoisotopic (exact) mass is 209 g/mol. The van der Waals surface area contributed by atoms with Gasteiger partial charge in [-0.1, -0.05) is 18.2 Å². The minimum Gasteiger partial charge on any atom is -0.480 e. The maximum Gasteiger partial charge on any atom is 0.357 e.